The van der Waals surface area contributed by atoms with E-state index in [-0.39, 0.29) is 5.69 Å². The van der Waals surface area contributed by atoms with Crippen LogP contribution in [0.1, 0.15) is 11.3 Å². The van der Waals surface area contributed by atoms with Crippen molar-refractivity contribution in [1.29, 1.82) is 0 Å². The van der Waals surface area contributed by atoms with Gasteiger partial charge in [0.2, 0.25) is 0 Å². The average molecular weight is 337 g/mol. The van der Waals surface area contributed by atoms with Crippen LogP contribution in [0, 0.1) is 6.92 Å². The maximum Gasteiger partial charge on any atom is 0.418 e. The first kappa shape index (κ1) is 13.4. The van der Waals surface area contributed by atoms with E-state index >= 15 is 0 Å². The molecule has 0 radical (unpaired) electrons. The Bertz CT molecular complexity index is 566. The van der Waals surface area contributed by atoms with E-state index < -0.39 is 11.7 Å². The molecule has 18 heavy (non-hydrogen) atoms. The van der Waals surface area contributed by atoms with Crippen LogP contribution in [0.25, 0.3) is 0 Å². The Kier molecular flexibility index (Phi) is 3.63. The SMILES string of the molecule is Cc1csc(Nc2ccc(Br)cc2C(F)(F)F)n1. The van der Waals surface area contributed by atoms with Crippen molar-refractivity contribution in [1.82, 2.24) is 4.98 Å². The van der Waals surface area contributed by atoms with Crippen LogP contribution in [0.3, 0.4) is 0 Å². The van der Waals surface area contributed by atoms with Crippen molar-refractivity contribution in [2.24, 2.45) is 0 Å². The number of nitrogens with zero attached hydrogens (tertiary/aromatic N) is 1. The van der Waals surface area contributed by atoms with Gasteiger partial charge in [0.25, 0.3) is 0 Å². The molecule has 96 valence electrons. The maximum absolute atomic E-state index is 12.9. The molecule has 0 fully saturated rings. The van der Waals surface area contributed by atoms with Crippen LogP contribution in [0.4, 0.5) is 24.0 Å². The largest absolute Gasteiger partial charge is 0.418 e. The number of anilines is 2. The number of hydrogen-bond acceptors (Lipinski definition) is 3. The molecule has 1 aromatic heterocycles. The summed E-state index contributed by atoms with van der Waals surface area (Å²) < 4.78 is 39.0. The van der Waals surface area contributed by atoms with Crippen LogP contribution in [0.2, 0.25) is 0 Å². The highest BCUT2D eigenvalue weighted by molar-refractivity contribution is 9.10. The van der Waals surface area contributed by atoms with Gasteiger partial charge >= 0.3 is 6.18 Å². The average Bonchev–Trinajstić information content (AvgIpc) is 2.65. The minimum Gasteiger partial charge on any atom is -0.331 e. The lowest BCUT2D eigenvalue weighted by molar-refractivity contribution is -0.137. The van der Waals surface area contributed by atoms with Gasteiger partial charge in [0.15, 0.2) is 5.13 Å². The van der Waals surface area contributed by atoms with Crippen molar-refractivity contribution < 1.29 is 13.2 Å². The number of thiazole rings is 1. The first-order chi connectivity index (χ1) is 8.36. The number of halogens is 4. The van der Waals surface area contributed by atoms with E-state index in [0.29, 0.717) is 9.60 Å². The Labute approximate surface area is 114 Å². The quantitative estimate of drug-likeness (QED) is 0.836. The Morgan fingerprint density at radius 2 is 2.06 bits per heavy atom. The standard InChI is InChI=1S/C11H8BrF3N2S/c1-6-5-18-10(16-6)17-9-3-2-7(12)4-8(9)11(13,14)15/h2-5H,1H3,(H,16,17). The molecule has 0 unspecified atom stereocenters. The van der Waals surface area contributed by atoms with Gasteiger partial charge in [-0.05, 0) is 25.1 Å². The zero-order chi connectivity index (χ0) is 13.3. The third-order valence-corrected chi connectivity index (χ3v) is 3.52. The van der Waals surface area contributed by atoms with E-state index in [9.17, 15) is 13.2 Å². The lowest BCUT2D eigenvalue weighted by Gasteiger charge is -2.13. The molecule has 0 saturated carbocycles. The van der Waals surface area contributed by atoms with E-state index in [1.165, 1.54) is 17.4 Å². The third kappa shape index (κ3) is 3.02. The first-order valence-corrected chi connectivity index (χ1v) is 6.59. The van der Waals surface area contributed by atoms with E-state index in [0.717, 1.165) is 11.8 Å². The molecular weight excluding hydrogens is 329 g/mol. The molecule has 2 rings (SSSR count). The molecule has 0 aliphatic rings. The van der Waals surface area contributed by atoms with Gasteiger partial charge in [0, 0.05) is 9.85 Å². The number of nitrogens with one attached hydrogen (secondary N) is 1. The number of aryl methyl sites for hydroxylation is 1. The molecule has 0 aliphatic carbocycles. The lowest BCUT2D eigenvalue weighted by Crippen LogP contribution is -2.08. The molecule has 0 aliphatic heterocycles. The molecule has 1 N–H and O–H groups in total. The van der Waals surface area contributed by atoms with Crippen LogP contribution in [0.5, 0.6) is 0 Å². The fourth-order valence-electron chi connectivity index (χ4n) is 1.39. The summed E-state index contributed by atoms with van der Waals surface area (Å²) in [5, 5.41) is 4.91. The van der Waals surface area contributed by atoms with Crippen molar-refractivity contribution >= 4 is 38.1 Å². The van der Waals surface area contributed by atoms with Crippen molar-refractivity contribution in [3.05, 3.63) is 39.3 Å². The van der Waals surface area contributed by atoms with Crippen molar-refractivity contribution in [3.8, 4) is 0 Å². The van der Waals surface area contributed by atoms with Crippen LogP contribution >= 0.6 is 27.3 Å². The van der Waals surface area contributed by atoms with E-state index in [2.05, 4.69) is 26.2 Å². The van der Waals surface area contributed by atoms with Crippen LogP contribution in [0.15, 0.2) is 28.1 Å². The molecule has 7 heteroatoms. The van der Waals surface area contributed by atoms with Gasteiger partial charge in [-0.2, -0.15) is 13.2 Å². The van der Waals surface area contributed by atoms with Gasteiger partial charge in [-0.15, -0.1) is 11.3 Å². The topological polar surface area (TPSA) is 24.9 Å². The second kappa shape index (κ2) is 4.89. The fraction of sp³-hybridized carbons (Fsp3) is 0.182. The number of aromatic nitrogens is 1. The minimum absolute atomic E-state index is 0.0000463. The summed E-state index contributed by atoms with van der Waals surface area (Å²) in [6, 6.07) is 3.98. The highest BCUT2D eigenvalue weighted by Gasteiger charge is 2.33. The molecule has 1 aromatic carbocycles. The Morgan fingerprint density at radius 1 is 1.33 bits per heavy atom. The zero-order valence-electron chi connectivity index (χ0n) is 9.18. The van der Waals surface area contributed by atoms with E-state index in [4.69, 9.17) is 0 Å². The monoisotopic (exact) mass is 336 g/mol. The summed E-state index contributed by atoms with van der Waals surface area (Å²) in [5.41, 5.74) is 0.0537. The summed E-state index contributed by atoms with van der Waals surface area (Å²) in [6.07, 6.45) is -4.40. The Balaban J connectivity index is 2.38. The predicted molar refractivity (Wildman–Crippen MR) is 69.3 cm³/mol. The highest BCUT2D eigenvalue weighted by Crippen LogP contribution is 2.38. The number of hydrogen-bond donors (Lipinski definition) is 1. The van der Waals surface area contributed by atoms with E-state index in [1.54, 1.807) is 18.4 Å². The summed E-state index contributed by atoms with van der Waals surface area (Å²) in [6.45, 7) is 1.79. The Morgan fingerprint density at radius 3 is 2.61 bits per heavy atom. The van der Waals surface area contributed by atoms with Crippen LogP contribution < -0.4 is 5.32 Å². The molecular formula is C11H8BrF3N2S. The van der Waals surface area contributed by atoms with Gasteiger partial charge < -0.3 is 5.32 Å². The van der Waals surface area contributed by atoms with Crippen molar-refractivity contribution in [3.63, 3.8) is 0 Å². The number of rotatable bonds is 2. The first-order valence-electron chi connectivity index (χ1n) is 4.92. The maximum atomic E-state index is 12.9. The van der Waals surface area contributed by atoms with Crippen LogP contribution in [-0.4, -0.2) is 4.98 Å². The highest BCUT2D eigenvalue weighted by atomic mass is 79.9. The lowest BCUT2D eigenvalue weighted by atomic mass is 10.1. The minimum atomic E-state index is -4.40. The van der Waals surface area contributed by atoms with Gasteiger partial charge in [0.05, 0.1) is 16.9 Å². The number of alkyl halides is 3. The molecule has 0 spiro atoms. The summed E-state index contributed by atoms with van der Waals surface area (Å²) in [5.74, 6) is 0. The third-order valence-electron chi connectivity index (χ3n) is 2.15. The summed E-state index contributed by atoms with van der Waals surface area (Å²) >= 11 is 4.30. The second-order valence-electron chi connectivity index (χ2n) is 3.61. The van der Waals surface area contributed by atoms with Gasteiger partial charge in [0.1, 0.15) is 0 Å². The molecule has 0 bridgehead atoms. The predicted octanol–water partition coefficient (Wildman–Crippen LogP) is 4.98. The smallest absolute Gasteiger partial charge is 0.331 e. The molecule has 1 heterocycles. The van der Waals surface area contributed by atoms with Crippen LogP contribution in [-0.2, 0) is 6.18 Å². The second-order valence-corrected chi connectivity index (χ2v) is 5.38. The molecule has 0 saturated heterocycles. The zero-order valence-corrected chi connectivity index (χ0v) is 11.6. The molecule has 2 nitrogen and oxygen atoms in total. The fourth-order valence-corrected chi connectivity index (χ4v) is 2.45. The summed E-state index contributed by atoms with van der Waals surface area (Å²) in [4.78, 5) is 4.08. The van der Waals surface area contributed by atoms with Gasteiger partial charge in [-0.25, -0.2) is 4.98 Å². The van der Waals surface area contributed by atoms with Gasteiger partial charge in [-0.3, -0.25) is 0 Å². The summed E-state index contributed by atoms with van der Waals surface area (Å²) in [7, 11) is 0. The normalized spacial score (nSPS) is 11.6. The van der Waals surface area contributed by atoms with E-state index in [1.807, 2.05) is 0 Å². The van der Waals surface area contributed by atoms with Crippen molar-refractivity contribution in [2.45, 2.75) is 13.1 Å². The Hall–Kier alpha value is -1.08. The molecule has 2 aromatic rings. The van der Waals surface area contributed by atoms with Crippen molar-refractivity contribution in [2.75, 3.05) is 5.32 Å². The van der Waals surface area contributed by atoms with Gasteiger partial charge in [-0.1, -0.05) is 15.9 Å². The molecule has 0 amide bonds. The number of benzene rings is 1. The molecule has 0 atom stereocenters.